The molecule has 0 aromatic carbocycles. The topological polar surface area (TPSA) is 130 Å². The smallest absolute Gasteiger partial charge is 0.253 e. The van der Waals surface area contributed by atoms with Gasteiger partial charge >= 0.3 is 0 Å². The summed E-state index contributed by atoms with van der Waals surface area (Å²) in [6.45, 7) is 3.66. The second kappa shape index (κ2) is 7.46. The SMILES string of the molecule is Cc1nc2cnc(N)c(C#Cc3cncc(C(=O)NCC#N)c3)c2nc1C. The van der Waals surface area contributed by atoms with Crippen molar-refractivity contribution in [2.24, 2.45) is 0 Å². The summed E-state index contributed by atoms with van der Waals surface area (Å²) in [7, 11) is 0. The van der Waals surface area contributed by atoms with Gasteiger partial charge in [0.1, 0.15) is 23.4 Å². The van der Waals surface area contributed by atoms with Gasteiger partial charge in [-0.2, -0.15) is 5.26 Å². The van der Waals surface area contributed by atoms with Crippen molar-refractivity contribution in [1.82, 2.24) is 25.3 Å². The highest BCUT2D eigenvalue weighted by atomic mass is 16.1. The van der Waals surface area contributed by atoms with E-state index < -0.39 is 5.91 Å². The molecule has 1 amide bonds. The van der Waals surface area contributed by atoms with Crippen molar-refractivity contribution in [3.63, 3.8) is 0 Å². The number of aryl methyl sites for hydroxylation is 2. The summed E-state index contributed by atoms with van der Waals surface area (Å²) in [5.74, 6) is 5.76. The normalized spacial score (nSPS) is 9.96. The van der Waals surface area contributed by atoms with Gasteiger partial charge in [-0.05, 0) is 19.9 Å². The van der Waals surface area contributed by atoms with E-state index in [2.05, 4.69) is 37.1 Å². The van der Waals surface area contributed by atoms with Gasteiger partial charge in [-0.1, -0.05) is 11.8 Å². The van der Waals surface area contributed by atoms with Gasteiger partial charge in [0, 0.05) is 18.0 Å². The van der Waals surface area contributed by atoms with E-state index in [1.165, 1.54) is 12.4 Å². The highest BCUT2D eigenvalue weighted by Gasteiger charge is 2.10. The Labute approximate surface area is 155 Å². The quantitative estimate of drug-likeness (QED) is 0.521. The molecule has 3 rings (SSSR count). The standard InChI is InChI=1S/C19H15N7O/c1-11-12(2)26-17-15(18(21)24-10-16(17)25-11)4-3-13-7-14(9-22-8-13)19(27)23-6-5-20/h7-10H,6H2,1-2H3,(H2,21,24)(H,23,27). The molecule has 0 saturated heterocycles. The van der Waals surface area contributed by atoms with E-state index in [1.54, 1.807) is 12.3 Å². The largest absolute Gasteiger partial charge is 0.383 e. The lowest BCUT2D eigenvalue weighted by molar-refractivity contribution is 0.0958. The molecule has 0 spiro atoms. The number of amides is 1. The molecule has 0 aliphatic heterocycles. The lowest BCUT2D eigenvalue weighted by Gasteiger charge is -2.05. The number of carbonyl (C=O) groups is 1. The summed E-state index contributed by atoms with van der Waals surface area (Å²) in [4.78, 5) is 29.1. The number of fused-ring (bicyclic) bond motifs is 1. The molecule has 3 aromatic rings. The van der Waals surface area contributed by atoms with Crippen molar-refractivity contribution in [3.05, 3.63) is 52.7 Å². The number of nitriles is 1. The van der Waals surface area contributed by atoms with Crippen molar-refractivity contribution in [1.29, 1.82) is 5.26 Å². The van der Waals surface area contributed by atoms with Crippen LogP contribution in [0, 0.1) is 37.0 Å². The van der Waals surface area contributed by atoms with Gasteiger partial charge in [0.25, 0.3) is 5.91 Å². The number of pyridine rings is 2. The average molecular weight is 357 g/mol. The van der Waals surface area contributed by atoms with E-state index in [0.717, 1.165) is 11.4 Å². The van der Waals surface area contributed by atoms with Crippen LogP contribution in [0.4, 0.5) is 5.82 Å². The molecule has 8 heteroatoms. The van der Waals surface area contributed by atoms with Gasteiger partial charge in [-0.3, -0.25) is 9.78 Å². The van der Waals surface area contributed by atoms with Gasteiger partial charge in [-0.15, -0.1) is 0 Å². The van der Waals surface area contributed by atoms with Crippen LogP contribution in [0.25, 0.3) is 11.0 Å². The van der Waals surface area contributed by atoms with Crippen molar-refractivity contribution in [2.75, 3.05) is 12.3 Å². The fraction of sp³-hybridized carbons (Fsp3) is 0.158. The van der Waals surface area contributed by atoms with E-state index in [9.17, 15) is 4.79 Å². The molecule has 27 heavy (non-hydrogen) atoms. The number of carbonyl (C=O) groups excluding carboxylic acids is 1. The number of aromatic nitrogens is 4. The van der Waals surface area contributed by atoms with Crippen LogP contribution in [-0.4, -0.2) is 32.4 Å². The zero-order valence-electron chi connectivity index (χ0n) is 14.7. The average Bonchev–Trinajstić information content (AvgIpc) is 2.67. The third-order valence-corrected chi connectivity index (χ3v) is 3.81. The molecule has 0 aliphatic carbocycles. The summed E-state index contributed by atoms with van der Waals surface area (Å²) in [5.41, 5.74) is 10.1. The van der Waals surface area contributed by atoms with E-state index >= 15 is 0 Å². The number of nitrogens with one attached hydrogen (secondary N) is 1. The van der Waals surface area contributed by atoms with Crippen LogP contribution in [0.5, 0.6) is 0 Å². The van der Waals surface area contributed by atoms with Crippen LogP contribution < -0.4 is 11.1 Å². The van der Waals surface area contributed by atoms with Gasteiger partial charge in [-0.25, -0.2) is 15.0 Å². The van der Waals surface area contributed by atoms with Crippen LogP contribution in [0.15, 0.2) is 24.7 Å². The second-order valence-corrected chi connectivity index (χ2v) is 5.70. The van der Waals surface area contributed by atoms with E-state index in [4.69, 9.17) is 11.0 Å². The Balaban J connectivity index is 2.01. The molecule has 0 aliphatic rings. The molecular weight excluding hydrogens is 342 g/mol. The molecule has 0 unspecified atom stereocenters. The maximum absolute atomic E-state index is 11.9. The summed E-state index contributed by atoms with van der Waals surface area (Å²) >= 11 is 0. The second-order valence-electron chi connectivity index (χ2n) is 5.70. The van der Waals surface area contributed by atoms with E-state index in [1.807, 2.05) is 19.9 Å². The molecule has 8 nitrogen and oxygen atoms in total. The van der Waals surface area contributed by atoms with Crippen LogP contribution >= 0.6 is 0 Å². The molecule has 3 aromatic heterocycles. The maximum atomic E-state index is 11.9. The van der Waals surface area contributed by atoms with Gasteiger partial charge in [0.15, 0.2) is 0 Å². The van der Waals surface area contributed by atoms with Crippen LogP contribution in [-0.2, 0) is 0 Å². The Kier molecular flexibility index (Phi) is 4.91. The lowest BCUT2D eigenvalue weighted by atomic mass is 10.1. The van der Waals surface area contributed by atoms with Crippen LogP contribution in [0.2, 0.25) is 0 Å². The lowest BCUT2D eigenvalue weighted by Crippen LogP contribution is -2.23. The van der Waals surface area contributed by atoms with Crippen molar-refractivity contribution in [2.45, 2.75) is 13.8 Å². The van der Waals surface area contributed by atoms with Crippen LogP contribution in [0.3, 0.4) is 0 Å². The predicted molar refractivity (Wildman–Crippen MR) is 99.4 cm³/mol. The number of nitrogens with two attached hydrogens (primary N) is 1. The third-order valence-electron chi connectivity index (χ3n) is 3.81. The zero-order valence-corrected chi connectivity index (χ0v) is 14.7. The highest BCUT2D eigenvalue weighted by molar-refractivity contribution is 5.94. The molecule has 3 N–H and O–H groups in total. The summed E-state index contributed by atoms with van der Waals surface area (Å²) < 4.78 is 0. The van der Waals surface area contributed by atoms with Crippen molar-refractivity contribution < 1.29 is 4.79 Å². The third kappa shape index (κ3) is 3.80. The number of rotatable bonds is 2. The Morgan fingerprint density at radius 2 is 1.96 bits per heavy atom. The van der Waals surface area contributed by atoms with Gasteiger partial charge in [0.05, 0.1) is 34.8 Å². The predicted octanol–water partition coefficient (Wildman–Crippen LogP) is 1.27. The number of nitrogens with zero attached hydrogens (tertiary/aromatic N) is 5. The van der Waals surface area contributed by atoms with E-state index in [-0.39, 0.29) is 12.4 Å². The maximum Gasteiger partial charge on any atom is 0.253 e. The monoisotopic (exact) mass is 357 g/mol. The summed E-state index contributed by atoms with van der Waals surface area (Å²) in [5, 5.41) is 11.0. The molecule has 0 atom stereocenters. The first-order valence-corrected chi connectivity index (χ1v) is 8.01. The molecule has 132 valence electrons. The first-order chi connectivity index (χ1) is 13.0. The Hall–Kier alpha value is -4.04. The summed E-state index contributed by atoms with van der Waals surface area (Å²) in [6, 6.07) is 3.43. The number of nitrogen functional groups attached to an aromatic ring is 1. The zero-order chi connectivity index (χ0) is 19.4. The molecular formula is C19H15N7O. The fourth-order valence-corrected chi connectivity index (χ4v) is 2.32. The Bertz CT molecular complexity index is 1150. The molecule has 0 saturated carbocycles. The van der Waals surface area contributed by atoms with E-state index in [0.29, 0.717) is 27.7 Å². The number of hydrogen-bond donors (Lipinski definition) is 2. The summed E-state index contributed by atoms with van der Waals surface area (Å²) in [6.07, 6.45) is 4.50. The highest BCUT2D eigenvalue weighted by Crippen LogP contribution is 2.19. The fourth-order valence-electron chi connectivity index (χ4n) is 2.32. The minimum absolute atomic E-state index is 0.0790. The minimum Gasteiger partial charge on any atom is -0.383 e. The first-order valence-electron chi connectivity index (χ1n) is 8.01. The van der Waals surface area contributed by atoms with Crippen LogP contribution in [0.1, 0.15) is 32.9 Å². The van der Waals surface area contributed by atoms with Crippen molar-refractivity contribution >= 4 is 22.8 Å². The van der Waals surface area contributed by atoms with Gasteiger partial charge < -0.3 is 11.1 Å². The molecule has 0 bridgehead atoms. The first kappa shape index (κ1) is 17.8. The van der Waals surface area contributed by atoms with Crippen molar-refractivity contribution in [3.8, 4) is 17.9 Å². The Morgan fingerprint density at radius 1 is 1.19 bits per heavy atom. The van der Waals surface area contributed by atoms with Gasteiger partial charge in [0.2, 0.25) is 0 Å². The molecule has 0 radical (unpaired) electrons. The number of anilines is 1. The number of hydrogen-bond acceptors (Lipinski definition) is 7. The Morgan fingerprint density at radius 3 is 2.74 bits per heavy atom. The molecule has 0 fully saturated rings. The minimum atomic E-state index is -0.393. The molecule has 3 heterocycles.